The molecule has 0 aliphatic heterocycles. The van der Waals surface area contributed by atoms with E-state index in [9.17, 15) is 9.67 Å². The van der Waals surface area contributed by atoms with Gasteiger partial charge >= 0.3 is 7.82 Å². The molecule has 3 N–H and O–H groups in total. The zero-order valence-corrected chi connectivity index (χ0v) is 15.5. The number of phosphoric acid groups is 1. The first-order valence-electron chi connectivity index (χ1n) is 8.27. The summed E-state index contributed by atoms with van der Waals surface area (Å²) in [7, 11) is -0.849. The third-order valence-corrected chi connectivity index (χ3v) is 4.85. The number of hydrogen-bond acceptors (Lipinski definition) is 3. The number of unbranched alkanes of at least 4 members (excludes halogenated alkanes) is 7. The van der Waals surface area contributed by atoms with Crippen molar-refractivity contribution >= 4 is 7.82 Å². The lowest BCUT2D eigenvalue weighted by Crippen LogP contribution is -2.60. The summed E-state index contributed by atoms with van der Waals surface area (Å²) < 4.78 is 15.5. The van der Waals surface area contributed by atoms with Crippen LogP contribution >= 0.6 is 7.82 Å². The van der Waals surface area contributed by atoms with Gasteiger partial charge in [-0.25, -0.2) is 4.57 Å². The van der Waals surface area contributed by atoms with Crippen LogP contribution in [-0.2, 0) is 9.09 Å². The molecule has 0 aliphatic rings. The van der Waals surface area contributed by atoms with E-state index in [0.29, 0.717) is 0 Å². The van der Waals surface area contributed by atoms with Crippen LogP contribution < -0.4 is 0 Å². The molecule has 0 saturated carbocycles. The van der Waals surface area contributed by atoms with Crippen LogP contribution in [0, 0.1) is 0 Å². The fourth-order valence-electron chi connectivity index (χ4n) is 2.26. The van der Waals surface area contributed by atoms with Crippen molar-refractivity contribution in [3.8, 4) is 0 Å². The van der Waals surface area contributed by atoms with E-state index in [0.717, 1.165) is 19.4 Å². The van der Waals surface area contributed by atoms with Crippen LogP contribution in [-0.4, -0.2) is 52.3 Å². The van der Waals surface area contributed by atoms with Crippen LogP contribution in [0.25, 0.3) is 0 Å². The predicted octanol–water partition coefficient (Wildman–Crippen LogP) is 3.02. The van der Waals surface area contributed by atoms with E-state index < -0.39 is 13.5 Å². The van der Waals surface area contributed by atoms with Crippen molar-refractivity contribution in [2.24, 2.45) is 0 Å². The smallest absolute Gasteiger partial charge is 0.341 e. The Labute approximate surface area is 135 Å². The van der Waals surface area contributed by atoms with Crippen LogP contribution in [0.1, 0.15) is 65.2 Å². The summed E-state index contributed by atoms with van der Waals surface area (Å²) in [5.74, 6) is 0. The molecule has 1 atom stereocenters. The highest BCUT2D eigenvalue weighted by atomic mass is 31.2. The highest BCUT2D eigenvalue weighted by Crippen LogP contribution is 2.37. The summed E-state index contributed by atoms with van der Waals surface area (Å²) in [6, 6.07) is 0. The number of phosphoric ester groups is 1. The van der Waals surface area contributed by atoms with Crippen LogP contribution in [0.4, 0.5) is 0 Å². The number of nitrogens with zero attached hydrogens (tertiary/aromatic N) is 1. The Bertz CT molecular complexity index is 341. The van der Waals surface area contributed by atoms with Crippen molar-refractivity contribution in [1.29, 1.82) is 0 Å². The van der Waals surface area contributed by atoms with E-state index in [2.05, 4.69) is 11.4 Å². The number of hydrogen-bond donors (Lipinski definition) is 3. The number of quaternary nitrogens is 1. The molecule has 134 valence electrons. The van der Waals surface area contributed by atoms with Gasteiger partial charge in [-0.3, -0.25) is 9.01 Å². The summed E-state index contributed by atoms with van der Waals surface area (Å²) in [6.45, 7) is 4.11. The highest BCUT2D eigenvalue weighted by Gasteiger charge is 2.40. The minimum atomic E-state index is -4.55. The molecule has 0 heterocycles. The lowest BCUT2D eigenvalue weighted by Gasteiger charge is -2.42. The van der Waals surface area contributed by atoms with E-state index in [4.69, 9.17) is 9.79 Å². The highest BCUT2D eigenvalue weighted by molar-refractivity contribution is 7.46. The predicted molar refractivity (Wildman–Crippen MR) is 88.2 cm³/mol. The Morgan fingerprint density at radius 3 is 1.91 bits per heavy atom. The van der Waals surface area contributed by atoms with Gasteiger partial charge in [0.05, 0.1) is 20.6 Å². The molecule has 0 rings (SSSR count). The van der Waals surface area contributed by atoms with Crippen molar-refractivity contribution in [1.82, 2.24) is 0 Å². The van der Waals surface area contributed by atoms with Gasteiger partial charge in [0.25, 0.3) is 0 Å². The molecule has 0 saturated heterocycles. The fraction of sp³-hybridized carbons (Fsp3) is 1.00. The summed E-state index contributed by atoms with van der Waals surface area (Å²) >= 11 is 0. The second-order valence-electron chi connectivity index (χ2n) is 6.86. The van der Waals surface area contributed by atoms with E-state index in [-0.39, 0.29) is 11.1 Å². The molecule has 0 aromatic heterocycles. The first-order chi connectivity index (χ1) is 10.0. The monoisotopic (exact) mass is 340 g/mol. The molecule has 0 aromatic carbocycles. The van der Waals surface area contributed by atoms with Crippen molar-refractivity contribution in [3.05, 3.63) is 0 Å². The molecule has 0 aliphatic carbocycles. The Morgan fingerprint density at radius 1 is 1.00 bits per heavy atom. The van der Waals surface area contributed by atoms with Gasteiger partial charge in [0.2, 0.25) is 5.72 Å². The Kier molecular flexibility index (Phi) is 10.0. The first-order valence-corrected chi connectivity index (χ1v) is 9.80. The fourth-order valence-corrected chi connectivity index (χ4v) is 2.68. The third kappa shape index (κ3) is 9.93. The van der Waals surface area contributed by atoms with E-state index in [1.807, 2.05) is 14.1 Å². The van der Waals surface area contributed by atoms with Crippen molar-refractivity contribution in [3.63, 3.8) is 0 Å². The molecule has 6 nitrogen and oxygen atoms in total. The Balaban J connectivity index is 3.98. The van der Waals surface area contributed by atoms with Crippen LogP contribution in [0.5, 0.6) is 0 Å². The maximum Gasteiger partial charge on any atom is 0.469 e. The quantitative estimate of drug-likeness (QED) is 0.208. The lowest BCUT2D eigenvalue weighted by atomic mass is 10.1. The van der Waals surface area contributed by atoms with E-state index >= 15 is 0 Å². The van der Waals surface area contributed by atoms with Crippen LogP contribution in [0.3, 0.4) is 0 Å². The minimum absolute atomic E-state index is 0.253. The van der Waals surface area contributed by atoms with Crippen molar-refractivity contribution in [2.75, 3.05) is 27.2 Å². The molecule has 0 amide bonds. The van der Waals surface area contributed by atoms with Gasteiger partial charge in [-0.15, -0.1) is 0 Å². The largest absolute Gasteiger partial charge is 0.469 e. The van der Waals surface area contributed by atoms with Crippen molar-refractivity contribution in [2.45, 2.75) is 70.9 Å². The van der Waals surface area contributed by atoms with Gasteiger partial charge in [-0.2, -0.15) is 0 Å². The van der Waals surface area contributed by atoms with Gasteiger partial charge in [0.15, 0.2) is 0 Å². The SMILES string of the molecule is CCCCCCCCCC[N+](C)(C)C(C)(O)COP(=O)(O)O. The van der Waals surface area contributed by atoms with Crippen LogP contribution in [0.15, 0.2) is 0 Å². The minimum Gasteiger partial charge on any atom is -0.341 e. The summed E-state index contributed by atoms with van der Waals surface area (Å²) in [5, 5.41) is 10.4. The standard InChI is InChI=1S/C15H34NO5P/c1-5-6-7-8-9-10-11-12-13-16(3,4)15(2,17)14-21-22(18,19)20/h17H,5-14H2,1-4H3,(H-,18,19,20)/p+1. The number of rotatable bonds is 13. The molecule has 1 unspecified atom stereocenters. The third-order valence-electron chi connectivity index (χ3n) is 4.38. The summed E-state index contributed by atoms with van der Waals surface area (Å²) in [5.41, 5.74) is -1.33. The summed E-state index contributed by atoms with van der Waals surface area (Å²) in [4.78, 5) is 17.5. The number of likely N-dealkylation sites (N-methyl/N-ethyl adjacent to an activating group) is 1. The molecule has 0 fully saturated rings. The maximum atomic E-state index is 10.8. The zero-order chi connectivity index (χ0) is 17.3. The van der Waals surface area contributed by atoms with E-state index in [1.165, 1.54) is 38.5 Å². The number of aliphatic hydroxyl groups is 1. The topological polar surface area (TPSA) is 87.0 Å². The molecule has 22 heavy (non-hydrogen) atoms. The Morgan fingerprint density at radius 2 is 1.45 bits per heavy atom. The Hall–Kier alpha value is 0.0300. The second-order valence-corrected chi connectivity index (χ2v) is 8.10. The average molecular weight is 340 g/mol. The first kappa shape index (κ1) is 22.0. The zero-order valence-electron chi connectivity index (χ0n) is 14.6. The molecule has 0 bridgehead atoms. The second kappa shape index (κ2) is 10.0. The summed E-state index contributed by atoms with van der Waals surface area (Å²) in [6.07, 6.45) is 9.72. The maximum absolute atomic E-state index is 10.8. The molecule has 0 spiro atoms. The van der Waals surface area contributed by atoms with Gasteiger partial charge in [-0.05, 0) is 12.8 Å². The van der Waals surface area contributed by atoms with Gasteiger partial charge in [0, 0.05) is 6.92 Å². The molecular weight excluding hydrogens is 305 g/mol. The van der Waals surface area contributed by atoms with E-state index in [1.54, 1.807) is 6.92 Å². The molecular formula is C15H35NO5P+. The van der Waals surface area contributed by atoms with Crippen molar-refractivity contribution < 1.29 is 28.5 Å². The average Bonchev–Trinajstić information content (AvgIpc) is 2.38. The molecule has 7 heteroatoms. The molecule has 0 radical (unpaired) electrons. The normalized spacial score (nSPS) is 15.8. The van der Waals surface area contributed by atoms with Gasteiger partial charge in [0.1, 0.15) is 6.61 Å². The van der Waals surface area contributed by atoms with Crippen LogP contribution in [0.2, 0.25) is 0 Å². The lowest BCUT2D eigenvalue weighted by molar-refractivity contribution is -0.965. The van der Waals surface area contributed by atoms with Gasteiger partial charge < -0.3 is 14.9 Å². The van der Waals surface area contributed by atoms with Gasteiger partial charge in [-0.1, -0.05) is 45.4 Å². The molecule has 0 aromatic rings.